The Morgan fingerprint density at radius 3 is 2.66 bits per heavy atom. The van der Waals surface area contributed by atoms with Crippen molar-refractivity contribution in [3.05, 3.63) is 58.2 Å². The third-order valence-corrected chi connectivity index (χ3v) is 9.79. The maximum absolute atomic E-state index is 12.3. The Morgan fingerprint density at radius 1 is 1.16 bits per heavy atom. The Morgan fingerprint density at radius 2 is 1.95 bits per heavy atom. The zero-order chi connectivity index (χ0) is 26.9. The third-order valence-electron chi connectivity index (χ3n) is 9.79. The molecule has 1 aromatic rings. The zero-order valence-corrected chi connectivity index (χ0v) is 23.0. The number of carbonyl (C=O) groups is 2. The van der Waals surface area contributed by atoms with Crippen LogP contribution in [0.5, 0.6) is 0 Å². The molecule has 0 aliphatic heterocycles. The molecule has 1 aromatic carbocycles. The lowest BCUT2D eigenvalue weighted by Gasteiger charge is -2.55. The van der Waals surface area contributed by atoms with Gasteiger partial charge in [0.2, 0.25) is 0 Å². The minimum absolute atomic E-state index is 0.0243. The van der Waals surface area contributed by atoms with Gasteiger partial charge in [0.05, 0.1) is 18.4 Å². The molecule has 7 heteroatoms. The predicted octanol–water partition coefficient (Wildman–Crippen LogP) is 5.70. The molecule has 5 atom stereocenters. The van der Waals surface area contributed by atoms with Gasteiger partial charge >= 0.3 is 6.09 Å². The predicted molar refractivity (Wildman–Crippen MR) is 146 cm³/mol. The second-order valence-corrected chi connectivity index (χ2v) is 11.5. The van der Waals surface area contributed by atoms with Crippen LogP contribution in [0.4, 0.5) is 4.79 Å². The molecule has 0 saturated heterocycles. The van der Waals surface area contributed by atoms with Gasteiger partial charge in [0.1, 0.15) is 0 Å². The number of ether oxygens (including phenoxy) is 2. The molecular formula is C31H40N2O5. The van der Waals surface area contributed by atoms with Crippen LogP contribution < -0.4 is 5.32 Å². The molecule has 204 valence electrons. The minimum atomic E-state index is -0.564. The van der Waals surface area contributed by atoms with Crippen LogP contribution in [0.15, 0.2) is 52.2 Å². The van der Waals surface area contributed by atoms with E-state index in [9.17, 15) is 9.59 Å². The molecule has 0 radical (unpaired) electrons. The van der Waals surface area contributed by atoms with Crippen LogP contribution in [-0.2, 0) is 19.1 Å². The summed E-state index contributed by atoms with van der Waals surface area (Å²) in [6, 6.07) is 8.42. The van der Waals surface area contributed by atoms with E-state index in [-0.39, 0.29) is 22.7 Å². The van der Waals surface area contributed by atoms with Gasteiger partial charge in [-0.05, 0) is 85.6 Å². The Bertz CT molecular complexity index is 1170. The standard InChI is InChI=1S/C31H40N2O5/c1-5-32-29(35)38-33-18-20-6-8-21(9-7-20)26-17-30(2)27(14-15-31(30,37-4)19-36-3)25-12-10-22-16-23(34)11-13-24(22)28(25)26/h6-9,16,18,25-27H,5,10-15,17,19H2,1-4H3,(H,32,35)/b33-18+/t25-,26+,27?,30-,31+/m0/s1. The normalized spacial score (nSPS) is 32.5. The number of carbonyl (C=O) groups excluding carboxylic acids is 2. The number of hydrogen-bond donors (Lipinski definition) is 1. The highest BCUT2D eigenvalue weighted by atomic mass is 16.7. The lowest BCUT2D eigenvalue weighted by Crippen LogP contribution is -2.54. The number of amides is 1. The van der Waals surface area contributed by atoms with Gasteiger partial charge in [0.25, 0.3) is 0 Å². The maximum Gasteiger partial charge on any atom is 0.433 e. The van der Waals surface area contributed by atoms with Gasteiger partial charge in [-0.3, -0.25) is 9.63 Å². The summed E-state index contributed by atoms with van der Waals surface area (Å²) >= 11 is 0. The van der Waals surface area contributed by atoms with Crippen LogP contribution in [0.2, 0.25) is 0 Å². The first-order chi connectivity index (χ1) is 18.4. The van der Waals surface area contributed by atoms with Gasteiger partial charge in [0, 0.05) is 38.5 Å². The summed E-state index contributed by atoms with van der Waals surface area (Å²) in [5.41, 5.74) is 6.07. The molecule has 4 aliphatic rings. The number of ketones is 1. The average Bonchev–Trinajstić information content (AvgIpc) is 3.20. The molecule has 38 heavy (non-hydrogen) atoms. The van der Waals surface area contributed by atoms with Crippen molar-refractivity contribution in [3.8, 4) is 0 Å². The number of nitrogens with one attached hydrogen (secondary N) is 1. The van der Waals surface area contributed by atoms with Gasteiger partial charge in [0.15, 0.2) is 5.78 Å². The number of nitrogens with zero attached hydrogens (tertiary/aromatic N) is 1. The molecule has 7 nitrogen and oxygen atoms in total. The number of benzene rings is 1. The van der Waals surface area contributed by atoms with E-state index in [4.69, 9.17) is 14.3 Å². The smallest absolute Gasteiger partial charge is 0.382 e. The van der Waals surface area contributed by atoms with E-state index in [0.29, 0.717) is 31.4 Å². The summed E-state index contributed by atoms with van der Waals surface area (Å²) in [6.45, 7) is 5.34. The lowest BCUT2D eigenvalue weighted by molar-refractivity contribution is -0.149. The van der Waals surface area contributed by atoms with Gasteiger partial charge in [-0.1, -0.05) is 41.9 Å². The van der Waals surface area contributed by atoms with E-state index in [1.54, 1.807) is 18.9 Å². The van der Waals surface area contributed by atoms with E-state index >= 15 is 0 Å². The van der Waals surface area contributed by atoms with Gasteiger partial charge < -0.3 is 14.8 Å². The topological polar surface area (TPSA) is 86.2 Å². The summed E-state index contributed by atoms with van der Waals surface area (Å²) in [5.74, 6) is 1.53. The fraction of sp³-hybridized carbons (Fsp3) is 0.581. The first kappa shape index (κ1) is 26.8. The summed E-state index contributed by atoms with van der Waals surface area (Å²) < 4.78 is 12.1. The number of methoxy groups -OCH3 is 2. The molecule has 5 rings (SSSR count). The van der Waals surface area contributed by atoms with Crippen molar-refractivity contribution in [1.82, 2.24) is 5.32 Å². The summed E-state index contributed by atoms with van der Waals surface area (Å²) in [4.78, 5) is 28.6. The van der Waals surface area contributed by atoms with Gasteiger partial charge in [-0.15, -0.1) is 0 Å². The summed E-state index contributed by atoms with van der Waals surface area (Å²) in [7, 11) is 3.62. The zero-order valence-electron chi connectivity index (χ0n) is 23.0. The van der Waals surface area contributed by atoms with Crippen LogP contribution in [0, 0.1) is 17.3 Å². The molecule has 1 unspecified atom stereocenters. The number of hydrogen-bond acceptors (Lipinski definition) is 6. The number of allylic oxidation sites excluding steroid dienone is 4. The maximum atomic E-state index is 12.3. The van der Waals surface area contributed by atoms with Crippen LogP contribution in [0.3, 0.4) is 0 Å². The van der Waals surface area contributed by atoms with Gasteiger partial charge in [-0.25, -0.2) is 4.79 Å². The van der Waals surface area contributed by atoms with Gasteiger partial charge in [-0.2, -0.15) is 0 Å². The number of fused-ring (bicyclic) bond motifs is 4. The highest BCUT2D eigenvalue weighted by molar-refractivity contribution is 5.93. The Balaban J connectivity index is 1.52. The van der Waals surface area contributed by atoms with Crippen molar-refractivity contribution in [2.24, 2.45) is 22.4 Å². The second-order valence-electron chi connectivity index (χ2n) is 11.5. The minimum Gasteiger partial charge on any atom is -0.382 e. The van der Waals surface area contributed by atoms with Crippen molar-refractivity contribution in [3.63, 3.8) is 0 Å². The highest BCUT2D eigenvalue weighted by Crippen LogP contribution is 2.67. The van der Waals surface area contributed by atoms with E-state index in [1.807, 2.05) is 32.2 Å². The van der Waals surface area contributed by atoms with Crippen LogP contribution in [0.1, 0.15) is 75.8 Å². The molecule has 1 N–H and O–H groups in total. The van der Waals surface area contributed by atoms with Crippen molar-refractivity contribution >= 4 is 18.1 Å². The van der Waals surface area contributed by atoms with Crippen molar-refractivity contribution in [2.45, 2.75) is 70.3 Å². The Hall–Kier alpha value is -2.77. The van der Waals surface area contributed by atoms with Crippen molar-refractivity contribution < 1.29 is 23.9 Å². The third kappa shape index (κ3) is 4.54. The van der Waals surface area contributed by atoms with Crippen LogP contribution in [-0.4, -0.2) is 51.1 Å². The monoisotopic (exact) mass is 520 g/mol. The molecule has 0 bridgehead atoms. The Labute approximate surface area is 225 Å². The van der Waals surface area contributed by atoms with Crippen molar-refractivity contribution in [1.29, 1.82) is 0 Å². The first-order valence-electron chi connectivity index (χ1n) is 13.9. The summed E-state index contributed by atoms with van der Waals surface area (Å²) in [5, 5.41) is 6.37. The van der Waals surface area contributed by atoms with Crippen LogP contribution in [0.25, 0.3) is 0 Å². The van der Waals surface area contributed by atoms with E-state index in [1.165, 1.54) is 16.7 Å². The highest BCUT2D eigenvalue weighted by Gasteiger charge is 2.63. The molecule has 2 saturated carbocycles. The van der Waals surface area contributed by atoms with E-state index in [2.05, 4.69) is 29.5 Å². The summed E-state index contributed by atoms with van der Waals surface area (Å²) in [6.07, 6.45) is 9.57. The fourth-order valence-corrected chi connectivity index (χ4v) is 8.03. The van der Waals surface area contributed by atoms with E-state index < -0.39 is 6.09 Å². The largest absolute Gasteiger partial charge is 0.433 e. The van der Waals surface area contributed by atoms with E-state index in [0.717, 1.165) is 44.1 Å². The molecule has 1 amide bonds. The number of oxime groups is 1. The fourth-order valence-electron chi connectivity index (χ4n) is 8.03. The molecular weight excluding hydrogens is 480 g/mol. The Kier molecular flexibility index (Phi) is 7.60. The molecule has 0 aromatic heterocycles. The molecule has 0 spiro atoms. The first-order valence-corrected chi connectivity index (χ1v) is 13.9. The van der Waals surface area contributed by atoms with Crippen LogP contribution >= 0.6 is 0 Å². The lowest BCUT2D eigenvalue weighted by atomic mass is 9.51. The quantitative estimate of drug-likeness (QED) is 0.283. The van der Waals surface area contributed by atoms with Crippen molar-refractivity contribution in [2.75, 3.05) is 27.4 Å². The number of rotatable bonds is 7. The SMILES string of the molecule is CCNC(=O)O/N=C/c1ccc([C@H]2C[C@@]3(C)C(CC[C@]3(COC)OC)[C@@H]3CCC4=CC(=O)CCC4=C32)cc1. The molecule has 4 aliphatic carbocycles. The molecule has 2 fully saturated rings. The second kappa shape index (κ2) is 10.8. The molecule has 0 heterocycles. The average molecular weight is 521 g/mol.